The van der Waals surface area contributed by atoms with E-state index >= 15 is 0 Å². The fraction of sp³-hybridized carbons (Fsp3) is 0.375. The van der Waals surface area contributed by atoms with Crippen LogP contribution in [0, 0.1) is 6.92 Å². The largest absolute Gasteiger partial charge is 0.507 e. The number of epoxide rings is 1. The second-order valence-electron chi connectivity index (χ2n) is 15.4. The average Bonchev–Trinajstić information content (AvgIpc) is 3.43. The number of rotatable bonds is 6. The van der Waals surface area contributed by atoms with Gasteiger partial charge in [-0.2, -0.15) is 0 Å². The number of aromatic hydroxyl groups is 1. The molecule has 5 atom stereocenters. The van der Waals surface area contributed by atoms with Gasteiger partial charge in [-0.15, -0.1) is 0 Å². The van der Waals surface area contributed by atoms with E-state index in [0.717, 1.165) is 29.1 Å². The third-order valence-corrected chi connectivity index (χ3v) is 11.1. The van der Waals surface area contributed by atoms with Crippen LogP contribution in [0.2, 0.25) is 0 Å². The predicted molar refractivity (Wildman–Crippen MR) is 199 cm³/mol. The third kappa shape index (κ3) is 5.67. The van der Waals surface area contributed by atoms with Crippen molar-refractivity contribution in [3.63, 3.8) is 0 Å². The lowest BCUT2D eigenvalue weighted by Crippen LogP contribution is -2.56. The highest BCUT2D eigenvalue weighted by Gasteiger charge is 2.66. The molecule has 0 radical (unpaired) electrons. The van der Waals surface area contributed by atoms with Crippen LogP contribution in [-0.2, 0) is 27.2 Å². The number of aliphatic imine (C=N–C) groups is 1. The Morgan fingerprint density at radius 1 is 1.06 bits per heavy atom. The van der Waals surface area contributed by atoms with Gasteiger partial charge in [-0.1, -0.05) is 0 Å². The molecule has 8 heterocycles. The maximum Gasteiger partial charge on any atom is 0.341 e. The van der Waals surface area contributed by atoms with Crippen LogP contribution in [0.25, 0.3) is 22.2 Å². The lowest BCUT2D eigenvalue weighted by molar-refractivity contribution is -0.179. The van der Waals surface area contributed by atoms with Crippen LogP contribution in [0.4, 0.5) is 11.6 Å². The van der Waals surface area contributed by atoms with E-state index in [1.54, 1.807) is 45.2 Å². The topological polar surface area (TPSA) is 212 Å². The Morgan fingerprint density at radius 2 is 1.87 bits per heavy atom. The van der Waals surface area contributed by atoms with Gasteiger partial charge in [0.05, 0.1) is 41.8 Å². The number of nitrogens with zero attached hydrogens (tertiary/aromatic N) is 4. The van der Waals surface area contributed by atoms with Gasteiger partial charge >= 0.3 is 5.97 Å². The second-order valence-corrected chi connectivity index (χ2v) is 15.4. The number of anilines is 2. The van der Waals surface area contributed by atoms with E-state index < -0.39 is 46.8 Å². The summed E-state index contributed by atoms with van der Waals surface area (Å²) in [5, 5.41) is 23.1. The fourth-order valence-electron chi connectivity index (χ4n) is 8.54. The normalized spacial score (nSPS) is 26.3. The Bertz CT molecular complexity index is 2420. The van der Waals surface area contributed by atoms with E-state index in [-0.39, 0.29) is 40.9 Å². The third-order valence-electron chi connectivity index (χ3n) is 11.1. The Balaban J connectivity index is 0.925. The summed E-state index contributed by atoms with van der Waals surface area (Å²) in [6, 6.07) is 10.3. The number of carbonyl (C=O) groups excluding carboxylic acids is 1. The highest BCUT2D eigenvalue weighted by atomic mass is 16.7. The molecule has 9 rings (SSSR count). The predicted octanol–water partition coefficient (Wildman–Crippen LogP) is 4.19. The van der Waals surface area contributed by atoms with E-state index in [4.69, 9.17) is 30.1 Å². The van der Waals surface area contributed by atoms with Crippen molar-refractivity contribution in [1.29, 1.82) is 0 Å². The molecule has 0 saturated carbocycles. The fourth-order valence-corrected chi connectivity index (χ4v) is 8.54. The van der Waals surface area contributed by atoms with Crippen molar-refractivity contribution >= 4 is 34.8 Å². The van der Waals surface area contributed by atoms with Crippen LogP contribution in [0.1, 0.15) is 61.6 Å². The van der Waals surface area contributed by atoms with Crippen molar-refractivity contribution in [3.8, 4) is 22.8 Å². The second kappa shape index (κ2) is 12.1. The molecular weight excluding hydrogens is 692 g/mol. The summed E-state index contributed by atoms with van der Waals surface area (Å²) in [6.45, 7) is 6.47. The highest BCUT2D eigenvalue weighted by Crippen LogP contribution is 2.54. The van der Waals surface area contributed by atoms with Crippen molar-refractivity contribution in [2.45, 2.75) is 88.4 Å². The molecule has 0 aliphatic carbocycles. The number of aromatic nitrogens is 2. The summed E-state index contributed by atoms with van der Waals surface area (Å²) in [4.78, 5) is 42.6. The van der Waals surface area contributed by atoms with Gasteiger partial charge in [0, 0.05) is 47.8 Å². The molecule has 0 amide bonds. The molecule has 0 bridgehead atoms. The standard InChI is InChI=1S/C40H40N6O8/c1-19-10-27(48)33-28(51-19)15-29-35(36(33)49)34-26(47)6-8-40(38(50)52-37(34)39(2,3)53-29)30(54-40)5-4-20-11-24(45-31(41)12-20)22-13-23(44-32(42)14-22)17-46-16-21-7-9-43-25(21)18-46/h7,9-15,18,26,30,34,37,47,49H,4-6,8,16-17H2,1-3H3,(H2,41,45)(H2,42,44)/t26-,30-,34-,37-,40-/m1/s1. The van der Waals surface area contributed by atoms with E-state index in [0.29, 0.717) is 42.5 Å². The molecule has 1 aromatic carbocycles. The van der Waals surface area contributed by atoms with Crippen molar-refractivity contribution in [2.24, 2.45) is 4.99 Å². The zero-order valence-corrected chi connectivity index (χ0v) is 30.0. The number of nitrogen functional groups attached to an aromatic ring is 2. The van der Waals surface area contributed by atoms with Crippen molar-refractivity contribution in [1.82, 2.24) is 14.9 Å². The maximum atomic E-state index is 14.0. The van der Waals surface area contributed by atoms with Gasteiger partial charge in [-0.3, -0.25) is 9.79 Å². The first kappa shape index (κ1) is 34.1. The zero-order chi connectivity index (χ0) is 37.7. The maximum absolute atomic E-state index is 14.0. The number of ether oxygens (including phenoxy) is 3. The van der Waals surface area contributed by atoms with E-state index in [2.05, 4.69) is 19.9 Å². The number of esters is 1. The van der Waals surface area contributed by atoms with E-state index in [1.807, 2.05) is 24.4 Å². The molecule has 54 heavy (non-hydrogen) atoms. The number of allylic oxidation sites excluding steroid dienone is 1. The first-order valence-electron chi connectivity index (χ1n) is 18.1. The Labute approximate surface area is 309 Å². The number of hydrogen-bond donors (Lipinski definition) is 4. The quantitative estimate of drug-likeness (QED) is 0.162. The number of carbonyl (C=O) groups is 1. The Hall–Kier alpha value is -5.73. The average molecular weight is 733 g/mol. The van der Waals surface area contributed by atoms with Crippen LogP contribution in [0.5, 0.6) is 11.5 Å². The summed E-state index contributed by atoms with van der Waals surface area (Å²) < 4.78 is 24.3. The number of aryl methyl sites for hydroxylation is 2. The molecule has 2 saturated heterocycles. The minimum Gasteiger partial charge on any atom is -0.507 e. The molecule has 5 aliphatic rings. The zero-order valence-electron chi connectivity index (χ0n) is 30.0. The van der Waals surface area contributed by atoms with Crippen LogP contribution in [0.15, 0.2) is 74.1 Å². The molecule has 2 fully saturated rings. The number of fused-ring (bicyclic) bond motifs is 5. The van der Waals surface area contributed by atoms with Gasteiger partial charge in [-0.25, -0.2) is 14.8 Å². The smallest absolute Gasteiger partial charge is 0.341 e. The number of phenolic OH excluding ortho intramolecular Hbond substituents is 1. The van der Waals surface area contributed by atoms with Crippen LogP contribution < -0.4 is 21.6 Å². The number of aliphatic hydroxyl groups excluding tert-OH is 1. The molecular formula is C40H40N6O8. The number of aliphatic hydroxyl groups is 1. The molecule has 1 spiro atoms. The van der Waals surface area contributed by atoms with Crippen LogP contribution in [0.3, 0.4) is 0 Å². The summed E-state index contributed by atoms with van der Waals surface area (Å²) >= 11 is 0. The van der Waals surface area contributed by atoms with Crippen molar-refractivity contribution in [2.75, 3.05) is 18.0 Å². The molecule has 14 nitrogen and oxygen atoms in total. The molecule has 5 aliphatic heterocycles. The van der Waals surface area contributed by atoms with Crippen LogP contribution in [-0.4, -0.2) is 73.3 Å². The molecule has 4 aromatic rings. The Morgan fingerprint density at radius 3 is 2.69 bits per heavy atom. The lowest BCUT2D eigenvalue weighted by Gasteiger charge is -2.47. The molecule has 6 N–H and O–H groups in total. The monoisotopic (exact) mass is 732 g/mol. The number of phenols is 1. The highest BCUT2D eigenvalue weighted by molar-refractivity contribution is 5.88. The Kier molecular flexibility index (Phi) is 7.66. The first-order valence-corrected chi connectivity index (χ1v) is 18.1. The number of hydrogen-bond acceptors (Lipinski definition) is 14. The van der Waals surface area contributed by atoms with Gasteiger partial charge in [0.1, 0.15) is 45.5 Å². The number of nitrogens with two attached hydrogens (primary N) is 2. The summed E-state index contributed by atoms with van der Waals surface area (Å²) in [7, 11) is 0. The van der Waals surface area contributed by atoms with E-state index in [9.17, 15) is 19.8 Å². The summed E-state index contributed by atoms with van der Waals surface area (Å²) in [6.07, 6.45) is 4.72. The molecule has 14 heteroatoms. The van der Waals surface area contributed by atoms with Gasteiger partial charge in [0.25, 0.3) is 0 Å². The molecule has 3 aromatic heterocycles. The summed E-state index contributed by atoms with van der Waals surface area (Å²) in [5.41, 5.74) is 15.4. The van der Waals surface area contributed by atoms with Crippen molar-refractivity contribution in [3.05, 3.63) is 92.7 Å². The summed E-state index contributed by atoms with van der Waals surface area (Å²) in [5.74, 6) is -0.423. The molecule has 0 unspecified atom stereocenters. The minimum atomic E-state index is -1.24. The number of benzene rings is 1. The van der Waals surface area contributed by atoms with Gasteiger partial charge in [-0.05, 0) is 82.4 Å². The van der Waals surface area contributed by atoms with Crippen molar-refractivity contribution < 1.29 is 33.6 Å². The van der Waals surface area contributed by atoms with Crippen LogP contribution >= 0.6 is 0 Å². The van der Waals surface area contributed by atoms with Gasteiger partial charge in [0.15, 0.2) is 17.1 Å². The first-order chi connectivity index (χ1) is 25.8. The lowest BCUT2D eigenvalue weighted by atomic mass is 9.74. The van der Waals surface area contributed by atoms with E-state index in [1.165, 1.54) is 11.6 Å². The minimum absolute atomic E-state index is 0.0210. The van der Waals surface area contributed by atoms with Gasteiger partial charge in [0.2, 0.25) is 0 Å². The number of pyridine rings is 2. The molecule has 278 valence electrons. The SMILES string of the molecule is Cc1cc(=O)c2c(O)c3c(cc2o1)OC(C)(C)[C@@H]1OC(=O)[C@]2(CC[C@@H](O)[C@H]31)O[C@@H]2CCc1cc(N)nc(-c2cc(N)nc(CN3C=C4N=CC=C4C3)c2)c1. The van der Waals surface area contributed by atoms with Gasteiger partial charge < -0.3 is 45.2 Å².